The Balaban J connectivity index is 1.83. The summed E-state index contributed by atoms with van der Waals surface area (Å²) < 4.78 is 44.0. The minimum absolute atomic E-state index is 0.00529. The highest BCUT2D eigenvalue weighted by molar-refractivity contribution is 5.99. The van der Waals surface area contributed by atoms with E-state index in [-0.39, 0.29) is 5.56 Å². The van der Waals surface area contributed by atoms with Crippen LogP contribution in [-0.2, 0) is 9.53 Å². The molecule has 0 aliphatic carbocycles. The van der Waals surface area contributed by atoms with E-state index in [1.807, 2.05) is 0 Å². The van der Waals surface area contributed by atoms with Crippen molar-refractivity contribution in [1.82, 2.24) is 5.32 Å². The van der Waals surface area contributed by atoms with Crippen LogP contribution in [0.3, 0.4) is 0 Å². The van der Waals surface area contributed by atoms with E-state index >= 15 is 0 Å². The van der Waals surface area contributed by atoms with Crippen molar-refractivity contribution in [2.45, 2.75) is 0 Å². The Kier molecular flexibility index (Phi) is 5.89. The van der Waals surface area contributed by atoms with Crippen LogP contribution in [-0.4, -0.2) is 30.8 Å². The third-order valence-corrected chi connectivity index (χ3v) is 3.07. The molecule has 0 atom stereocenters. The third kappa shape index (κ3) is 5.17. The fourth-order valence-corrected chi connectivity index (χ4v) is 1.87. The smallest absolute Gasteiger partial charge is 0.325 e. The maximum absolute atomic E-state index is 13.4. The predicted octanol–water partition coefficient (Wildman–Crippen LogP) is 2.26. The lowest BCUT2D eigenvalue weighted by atomic mass is 10.1. The van der Waals surface area contributed by atoms with Crippen LogP contribution in [0.15, 0.2) is 42.5 Å². The monoisotopic (exact) mass is 351 g/mol. The van der Waals surface area contributed by atoms with Crippen molar-refractivity contribution in [3.05, 3.63) is 71.0 Å². The molecule has 0 radical (unpaired) electrons. The zero-order valence-electron chi connectivity index (χ0n) is 12.7. The first-order valence-corrected chi connectivity index (χ1v) is 7.04. The molecule has 5 nitrogen and oxygen atoms in total. The molecule has 0 aliphatic rings. The Morgan fingerprint density at radius 2 is 1.68 bits per heavy atom. The summed E-state index contributed by atoms with van der Waals surface area (Å²) in [5.74, 6) is -4.96. The average molecular weight is 351 g/mol. The molecule has 0 aliphatic heterocycles. The quantitative estimate of drug-likeness (QED) is 0.640. The molecule has 2 aromatic rings. The summed E-state index contributed by atoms with van der Waals surface area (Å²) in [7, 11) is 0. The highest BCUT2D eigenvalue weighted by atomic mass is 19.1. The molecule has 25 heavy (non-hydrogen) atoms. The van der Waals surface area contributed by atoms with Gasteiger partial charge in [0.05, 0.1) is 5.56 Å². The molecule has 0 fully saturated rings. The van der Waals surface area contributed by atoms with Gasteiger partial charge in [-0.2, -0.15) is 0 Å². The lowest BCUT2D eigenvalue weighted by Gasteiger charge is -2.07. The first kappa shape index (κ1) is 18.2. The highest BCUT2D eigenvalue weighted by Gasteiger charge is 2.16. The van der Waals surface area contributed by atoms with E-state index in [0.29, 0.717) is 6.07 Å². The molecule has 0 spiro atoms. The van der Waals surface area contributed by atoms with Crippen LogP contribution in [0, 0.1) is 17.5 Å². The number of carbonyl (C=O) groups excluding carboxylic acids is 3. The van der Waals surface area contributed by atoms with E-state index in [9.17, 15) is 27.6 Å². The van der Waals surface area contributed by atoms with E-state index in [2.05, 4.69) is 10.1 Å². The molecule has 0 bridgehead atoms. The number of amides is 1. The molecule has 2 aromatic carbocycles. The van der Waals surface area contributed by atoms with Gasteiger partial charge in [0.15, 0.2) is 6.61 Å². The lowest BCUT2D eigenvalue weighted by molar-refractivity contribution is -0.141. The van der Waals surface area contributed by atoms with Gasteiger partial charge in [0.2, 0.25) is 5.78 Å². The van der Waals surface area contributed by atoms with Crippen molar-refractivity contribution >= 4 is 17.7 Å². The number of halogens is 3. The van der Waals surface area contributed by atoms with E-state index in [1.165, 1.54) is 12.1 Å². The van der Waals surface area contributed by atoms with Crippen LogP contribution >= 0.6 is 0 Å². The summed E-state index contributed by atoms with van der Waals surface area (Å²) in [6, 6.07) is 7.13. The normalized spacial score (nSPS) is 10.2. The van der Waals surface area contributed by atoms with Crippen LogP contribution in [0.1, 0.15) is 20.7 Å². The number of rotatable bonds is 6. The lowest BCUT2D eigenvalue weighted by Crippen LogP contribution is -2.31. The van der Waals surface area contributed by atoms with Gasteiger partial charge in [0, 0.05) is 5.56 Å². The Hall–Kier alpha value is -3.16. The number of Topliss-reactive ketones (excluding diaryl/α,β-unsaturated/α-hetero) is 1. The fourth-order valence-electron chi connectivity index (χ4n) is 1.87. The zero-order valence-corrected chi connectivity index (χ0v) is 12.7. The van der Waals surface area contributed by atoms with E-state index in [1.54, 1.807) is 0 Å². The average Bonchev–Trinajstić information content (AvgIpc) is 2.59. The number of nitrogens with one attached hydrogen (secondary N) is 1. The first-order valence-electron chi connectivity index (χ1n) is 7.04. The van der Waals surface area contributed by atoms with Gasteiger partial charge < -0.3 is 10.1 Å². The fraction of sp³-hybridized carbons (Fsp3) is 0.118. The maximum atomic E-state index is 13.4. The van der Waals surface area contributed by atoms with Crippen molar-refractivity contribution in [1.29, 1.82) is 0 Å². The summed E-state index contributed by atoms with van der Waals surface area (Å²) in [5, 5.41) is 2.18. The van der Waals surface area contributed by atoms with Crippen LogP contribution in [0.2, 0.25) is 0 Å². The van der Waals surface area contributed by atoms with Gasteiger partial charge >= 0.3 is 5.97 Å². The Labute approximate surface area is 140 Å². The molecule has 0 saturated carbocycles. The molecule has 0 aromatic heterocycles. The van der Waals surface area contributed by atoms with Gasteiger partial charge in [-0.1, -0.05) is 6.07 Å². The SMILES string of the molecule is O=C(CNC(=O)c1cccc(F)c1)OCC(=O)c1cc(F)ccc1F. The number of benzene rings is 2. The molecule has 0 saturated heterocycles. The molecular formula is C17H12F3NO4. The summed E-state index contributed by atoms with van der Waals surface area (Å²) >= 11 is 0. The maximum Gasteiger partial charge on any atom is 0.325 e. The van der Waals surface area contributed by atoms with Gasteiger partial charge in [0.1, 0.15) is 24.0 Å². The summed E-state index contributed by atoms with van der Waals surface area (Å²) in [6.07, 6.45) is 0. The third-order valence-electron chi connectivity index (χ3n) is 3.07. The second kappa shape index (κ2) is 8.09. The number of esters is 1. The largest absolute Gasteiger partial charge is 0.456 e. The first-order chi connectivity index (χ1) is 11.9. The van der Waals surface area contributed by atoms with E-state index < -0.39 is 53.8 Å². The summed E-state index contributed by atoms with van der Waals surface area (Å²) in [4.78, 5) is 34.9. The molecule has 0 heterocycles. The minimum Gasteiger partial charge on any atom is -0.456 e. The zero-order chi connectivity index (χ0) is 18.4. The molecule has 2 rings (SSSR count). The van der Waals surface area contributed by atoms with Crippen molar-refractivity contribution < 1.29 is 32.3 Å². The van der Waals surface area contributed by atoms with Crippen LogP contribution in [0.5, 0.6) is 0 Å². The van der Waals surface area contributed by atoms with Crippen molar-refractivity contribution in [3.63, 3.8) is 0 Å². The number of ketones is 1. The highest BCUT2D eigenvalue weighted by Crippen LogP contribution is 2.10. The number of carbonyl (C=O) groups is 3. The minimum atomic E-state index is -0.963. The van der Waals surface area contributed by atoms with Gasteiger partial charge in [-0.15, -0.1) is 0 Å². The van der Waals surface area contributed by atoms with Gasteiger partial charge in [-0.3, -0.25) is 14.4 Å². The number of ether oxygens (including phenoxy) is 1. The van der Waals surface area contributed by atoms with Crippen molar-refractivity contribution in [2.75, 3.05) is 13.2 Å². The molecule has 1 N–H and O–H groups in total. The Morgan fingerprint density at radius 3 is 2.40 bits per heavy atom. The Morgan fingerprint density at radius 1 is 0.960 bits per heavy atom. The van der Waals surface area contributed by atoms with Gasteiger partial charge in [-0.05, 0) is 36.4 Å². The summed E-state index contributed by atoms with van der Waals surface area (Å²) in [5.41, 5.74) is -0.540. The van der Waals surface area contributed by atoms with Crippen LogP contribution in [0.4, 0.5) is 13.2 Å². The van der Waals surface area contributed by atoms with Gasteiger partial charge in [0.25, 0.3) is 5.91 Å². The standard InChI is InChI=1S/C17H12F3NO4/c18-11-3-1-2-10(6-11)17(24)21-8-16(23)25-9-15(22)13-7-12(19)4-5-14(13)20/h1-7H,8-9H2,(H,21,24). The molecule has 1 amide bonds. The number of hydrogen-bond acceptors (Lipinski definition) is 4. The molecule has 0 unspecified atom stereocenters. The second-order valence-corrected chi connectivity index (χ2v) is 4.90. The van der Waals surface area contributed by atoms with Crippen molar-refractivity contribution in [2.24, 2.45) is 0 Å². The van der Waals surface area contributed by atoms with E-state index in [4.69, 9.17) is 0 Å². The second-order valence-electron chi connectivity index (χ2n) is 4.90. The van der Waals surface area contributed by atoms with Crippen LogP contribution in [0.25, 0.3) is 0 Å². The topological polar surface area (TPSA) is 72.5 Å². The molecule has 8 heteroatoms. The molecular weight excluding hydrogens is 339 g/mol. The van der Waals surface area contributed by atoms with E-state index in [0.717, 1.165) is 24.3 Å². The van der Waals surface area contributed by atoms with Crippen molar-refractivity contribution in [3.8, 4) is 0 Å². The summed E-state index contributed by atoms with van der Waals surface area (Å²) in [6.45, 7) is -1.39. The van der Waals surface area contributed by atoms with Gasteiger partial charge in [-0.25, -0.2) is 13.2 Å². The Bertz CT molecular complexity index is 823. The number of hydrogen-bond donors (Lipinski definition) is 1. The molecule has 130 valence electrons. The van der Waals surface area contributed by atoms with Crippen LogP contribution < -0.4 is 5.32 Å². The predicted molar refractivity (Wildman–Crippen MR) is 80.4 cm³/mol.